The number of piperidine rings is 1. The first kappa shape index (κ1) is 14.8. The number of amides is 3. The van der Waals surface area contributed by atoms with E-state index < -0.39 is 11.9 Å². The van der Waals surface area contributed by atoms with Crippen LogP contribution in [-0.4, -0.2) is 35.3 Å². The molecule has 1 atom stereocenters. The van der Waals surface area contributed by atoms with Gasteiger partial charge in [0.15, 0.2) is 0 Å². The van der Waals surface area contributed by atoms with Crippen LogP contribution in [0.15, 0.2) is 12.1 Å². The maximum Gasteiger partial charge on any atom is 0.256 e. The van der Waals surface area contributed by atoms with E-state index in [1.54, 1.807) is 12.1 Å². The van der Waals surface area contributed by atoms with Crippen LogP contribution in [-0.2, 0) is 16.1 Å². The first-order chi connectivity index (χ1) is 10.5. The van der Waals surface area contributed by atoms with Gasteiger partial charge < -0.3 is 9.64 Å². The Morgan fingerprint density at radius 2 is 2.14 bits per heavy atom. The van der Waals surface area contributed by atoms with Crippen LogP contribution in [0.2, 0.25) is 5.02 Å². The van der Waals surface area contributed by atoms with Gasteiger partial charge in [-0.1, -0.05) is 11.6 Å². The van der Waals surface area contributed by atoms with Gasteiger partial charge in [-0.2, -0.15) is 0 Å². The lowest BCUT2D eigenvalue weighted by molar-refractivity contribution is -0.136. The molecular formula is C15H15ClN2O4. The van der Waals surface area contributed by atoms with E-state index in [-0.39, 0.29) is 24.8 Å². The van der Waals surface area contributed by atoms with Gasteiger partial charge in [-0.25, -0.2) is 0 Å². The van der Waals surface area contributed by atoms with Crippen LogP contribution in [0.5, 0.6) is 5.75 Å². The molecule has 0 saturated carbocycles. The van der Waals surface area contributed by atoms with Gasteiger partial charge in [0.1, 0.15) is 11.8 Å². The van der Waals surface area contributed by atoms with Gasteiger partial charge in [-0.15, -0.1) is 0 Å². The lowest BCUT2D eigenvalue weighted by atomic mass is 10.0. The third-order valence-corrected chi connectivity index (χ3v) is 4.22. The fourth-order valence-electron chi connectivity index (χ4n) is 2.90. The summed E-state index contributed by atoms with van der Waals surface area (Å²) in [6, 6.07) is 2.70. The first-order valence-corrected chi connectivity index (χ1v) is 7.49. The van der Waals surface area contributed by atoms with E-state index in [4.69, 9.17) is 16.3 Å². The Morgan fingerprint density at radius 1 is 1.36 bits per heavy atom. The molecule has 0 radical (unpaired) electrons. The lowest BCUT2D eigenvalue weighted by Crippen LogP contribution is -2.52. The molecule has 3 amide bonds. The van der Waals surface area contributed by atoms with E-state index in [1.807, 2.05) is 6.92 Å². The number of benzene rings is 1. The van der Waals surface area contributed by atoms with E-state index in [0.29, 0.717) is 34.9 Å². The number of hydrogen-bond acceptors (Lipinski definition) is 4. The molecule has 22 heavy (non-hydrogen) atoms. The first-order valence-electron chi connectivity index (χ1n) is 7.11. The summed E-state index contributed by atoms with van der Waals surface area (Å²) in [6.45, 7) is 2.59. The summed E-state index contributed by atoms with van der Waals surface area (Å²) in [5.41, 5.74) is 1.08. The van der Waals surface area contributed by atoms with E-state index in [0.717, 1.165) is 0 Å². The molecule has 2 heterocycles. The number of ether oxygens (including phenoxy) is 1. The molecule has 1 aromatic rings. The molecule has 1 aromatic carbocycles. The van der Waals surface area contributed by atoms with Crippen molar-refractivity contribution in [2.24, 2.45) is 0 Å². The Kier molecular flexibility index (Phi) is 3.78. The summed E-state index contributed by atoms with van der Waals surface area (Å²) in [4.78, 5) is 37.3. The summed E-state index contributed by atoms with van der Waals surface area (Å²) in [6.07, 6.45) is 0.550. The molecule has 0 spiro atoms. The molecule has 1 N–H and O–H groups in total. The summed E-state index contributed by atoms with van der Waals surface area (Å²) in [5, 5.41) is 2.62. The van der Waals surface area contributed by atoms with Crippen molar-refractivity contribution in [1.29, 1.82) is 0 Å². The highest BCUT2D eigenvalue weighted by atomic mass is 35.5. The molecule has 0 aromatic heterocycles. The van der Waals surface area contributed by atoms with Gasteiger partial charge in [0, 0.05) is 12.0 Å². The van der Waals surface area contributed by atoms with Crippen LogP contribution in [0.3, 0.4) is 0 Å². The average Bonchev–Trinajstić information content (AvgIpc) is 2.81. The molecule has 2 aliphatic heterocycles. The number of nitrogens with one attached hydrogen (secondary N) is 1. The second-order valence-corrected chi connectivity index (χ2v) is 5.64. The maximum absolute atomic E-state index is 12.6. The predicted octanol–water partition coefficient (Wildman–Crippen LogP) is 1.50. The van der Waals surface area contributed by atoms with Crippen LogP contribution in [0, 0.1) is 0 Å². The van der Waals surface area contributed by atoms with Crippen molar-refractivity contribution in [3.05, 3.63) is 28.3 Å². The fourth-order valence-corrected chi connectivity index (χ4v) is 3.15. The van der Waals surface area contributed by atoms with Crippen molar-refractivity contribution in [2.45, 2.75) is 32.4 Å². The normalized spacial score (nSPS) is 20.9. The molecule has 1 saturated heterocycles. The highest BCUT2D eigenvalue weighted by molar-refractivity contribution is 6.34. The molecule has 7 heteroatoms. The zero-order valence-corrected chi connectivity index (χ0v) is 12.8. The third-order valence-electron chi connectivity index (χ3n) is 3.91. The van der Waals surface area contributed by atoms with Crippen molar-refractivity contribution >= 4 is 29.3 Å². The minimum absolute atomic E-state index is 0.225. The molecule has 116 valence electrons. The number of nitrogens with zero attached hydrogens (tertiary/aromatic N) is 1. The lowest BCUT2D eigenvalue weighted by Gasteiger charge is -2.29. The van der Waals surface area contributed by atoms with E-state index >= 15 is 0 Å². The Hall–Kier alpha value is -2.08. The Bertz CT molecular complexity index is 674. The summed E-state index contributed by atoms with van der Waals surface area (Å²) in [7, 11) is 0. The smallest absolute Gasteiger partial charge is 0.256 e. The predicted molar refractivity (Wildman–Crippen MR) is 78.7 cm³/mol. The van der Waals surface area contributed by atoms with Gasteiger partial charge >= 0.3 is 0 Å². The zero-order valence-electron chi connectivity index (χ0n) is 12.0. The minimum Gasteiger partial charge on any atom is -0.493 e. The molecule has 3 rings (SSSR count). The number of carbonyl (C=O) groups is 3. The molecule has 1 fully saturated rings. The summed E-state index contributed by atoms with van der Waals surface area (Å²) in [5.74, 6) is -0.439. The molecular weight excluding hydrogens is 308 g/mol. The largest absolute Gasteiger partial charge is 0.493 e. The maximum atomic E-state index is 12.6. The van der Waals surface area contributed by atoms with Crippen LogP contribution in [0.1, 0.15) is 35.7 Å². The number of fused-ring (bicyclic) bond motifs is 1. The highest BCUT2D eigenvalue weighted by Crippen LogP contribution is 2.37. The van der Waals surface area contributed by atoms with Gasteiger partial charge in [0.25, 0.3) is 5.91 Å². The molecule has 1 unspecified atom stereocenters. The Labute approximate surface area is 132 Å². The number of imide groups is 1. The van der Waals surface area contributed by atoms with Crippen molar-refractivity contribution in [2.75, 3.05) is 6.61 Å². The Morgan fingerprint density at radius 3 is 2.82 bits per heavy atom. The molecule has 0 aliphatic carbocycles. The van der Waals surface area contributed by atoms with E-state index in [2.05, 4.69) is 5.32 Å². The number of carbonyl (C=O) groups excluding carboxylic acids is 3. The monoisotopic (exact) mass is 322 g/mol. The minimum atomic E-state index is -0.650. The van der Waals surface area contributed by atoms with Crippen molar-refractivity contribution in [3.8, 4) is 5.75 Å². The highest BCUT2D eigenvalue weighted by Gasteiger charge is 2.41. The quantitative estimate of drug-likeness (QED) is 0.856. The second kappa shape index (κ2) is 5.61. The van der Waals surface area contributed by atoms with Gasteiger partial charge in [-0.3, -0.25) is 19.7 Å². The van der Waals surface area contributed by atoms with Crippen molar-refractivity contribution < 1.29 is 19.1 Å². The van der Waals surface area contributed by atoms with Crippen LogP contribution in [0.4, 0.5) is 0 Å². The van der Waals surface area contributed by atoms with E-state index in [9.17, 15) is 14.4 Å². The number of rotatable bonds is 3. The van der Waals surface area contributed by atoms with Crippen LogP contribution >= 0.6 is 11.6 Å². The van der Waals surface area contributed by atoms with Crippen LogP contribution < -0.4 is 10.1 Å². The summed E-state index contributed by atoms with van der Waals surface area (Å²) < 4.78 is 5.54. The molecule has 0 bridgehead atoms. The SMILES string of the molecule is CCOc1ccc(Cl)c2c1CN(C1CCC(=O)NC1=O)C2=O. The average molecular weight is 323 g/mol. The van der Waals surface area contributed by atoms with Gasteiger partial charge in [0.2, 0.25) is 11.8 Å². The van der Waals surface area contributed by atoms with Gasteiger partial charge in [0.05, 0.1) is 23.7 Å². The van der Waals surface area contributed by atoms with E-state index in [1.165, 1.54) is 4.90 Å². The van der Waals surface area contributed by atoms with Gasteiger partial charge in [-0.05, 0) is 25.5 Å². The number of hydrogen-bond donors (Lipinski definition) is 1. The second-order valence-electron chi connectivity index (χ2n) is 5.23. The Balaban J connectivity index is 1.94. The van der Waals surface area contributed by atoms with Crippen molar-refractivity contribution in [3.63, 3.8) is 0 Å². The molecule has 2 aliphatic rings. The zero-order chi connectivity index (χ0) is 15.9. The summed E-state index contributed by atoms with van der Waals surface area (Å²) >= 11 is 6.14. The van der Waals surface area contributed by atoms with Crippen molar-refractivity contribution in [1.82, 2.24) is 10.2 Å². The standard InChI is InChI=1S/C15H15ClN2O4/c1-2-22-11-5-3-9(16)13-8(11)7-18(15(13)21)10-4-6-12(19)17-14(10)20/h3,5,10H,2,4,6-7H2,1H3,(H,17,19,20). The molecule has 6 nitrogen and oxygen atoms in total. The third kappa shape index (κ3) is 2.33. The fraction of sp³-hybridized carbons (Fsp3) is 0.400. The number of halogens is 1. The van der Waals surface area contributed by atoms with Crippen LogP contribution in [0.25, 0.3) is 0 Å². The topological polar surface area (TPSA) is 75.7 Å².